The van der Waals surface area contributed by atoms with Crippen LogP contribution in [-0.2, 0) is 14.3 Å². The Balaban J connectivity index is 2.35. The number of nitrogens with zero attached hydrogens (tertiary/aromatic N) is 1. The van der Waals surface area contributed by atoms with Crippen molar-refractivity contribution in [3.8, 4) is 0 Å². The number of carbonyl (C=O) groups is 2. The number of hydrogen-bond acceptors (Lipinski definition) is 4. The van der Waals surface area contributed by atoms with Gasteiger partial charge in [0.1, 0.15) is 6.61 Å². The highest BCUT2D eigenvalue weighted by Crippen LogP contribution is 2.22. The van der Waals surface area contributed by atoms with Gasteiger partial charge in [0.15, 0.2) is 6.10 Å². The number of amides is 2. The summed E-state index contributed by atoms with van der Waals surface area (Å²) in [6, 6.07) is 0. The van der Waals surface area contributed by atoms with Crippen molar-refractivity contribution < 1.29 is 27.5 Å². The van der Waals surface area contributed by atoms with Crippen LogP contribution in [0.15, 0.2) is 0 Å². The second-order valence-corrected chi connectivity index (χ2v) is 4.66. The quantitative estimate of drug-likeness (QED) is 0.440. The molecule has 1 rings (SSSR count). The van der Waals surface area contributed by atoms with Gasteiger partial charge in [-0.05, 0) is 19.8 Å². The van der Waals surface area contributed by atoms with E-state index in [0.717, 1.165) is 6.92 Å². The molecule has 1 aliphatic rings. The third kappa shape index (κ3) is 4.64. The van der Waals surface area contributed by atoms with E-state index in [0.29, 0.717) is 25.9 Å². The highest BCUT2D eigenvalue weighted by atomic mass is 19.4. The average Bonchev–Trinajstić information content (AvgIpc) is 2.42. The molecule has 1 saturated heterocycles. The van der Waals surface area contributed by atoms with Gasteiger partial charge in [-0.1, -0.05) is 0 Å². The third-order valence-electron chi connectivity index (χ3n) is 3.28. The van der Waals surface area contributed by atoms with Crippen molar-refractivity contribution in [3.63, 3.8) is 0 Å². The van der Waals surface area contributed by atoms with Crippen molar-refractivity contribution in [2.75, 3.05) is 19.7 Å². The fourth-order valence-corrected chi connectivity index (χ4v) is 1.89. The molecular formula is C11H18F3N3O3. The summed E-state index contributed by atoms with van der Waals surface area (Å²) in [7, 11) is 0. The Kier molecular flexibility index (Phi) is 5.75. The number of nitrogens with two attached hydrogens (primary N) is 1. The van der Waals surface area contributed by atoms with E-state index in [4.69, 9.17) is 5.84 Å². The number of rotatable bonds is 4. The zero-order chi connectivity index (χ0) is 15.3. The summed E-state index contributed by atoms with van der Waals surface area (Å²) in [5, 5.41) is 0. The van der Waals surface area contributed by atoms with Crippen LogP contribution in [0.2, 0.25) is 0 Å². The molecule has 0 aliphatic carbocycles. The lowest BCUT2D eigenvalue weighted by atomic mass is 9.96. The first-order valence-corrected chi connectivity index (χ1v) is 6.22. The monoisotopic (exact) mass is 297 g/mol. The molecule has 1 heterocycles. The number of carbonyl (C=O) groups excluding carboxylic acids is 2. The van der Waals surface area contributed by atoms with Crippen LogP contribution in [0.5, 0.6) is 0 Å². The number of ether oxygens (including phenoxy) is 1. The van der Waals surface area contributed by atoms with Gasteiger partial charge in [-0.15, -0.1) is 0 Å². The van der Waals surface area contributed by atoms with Gasteiger partial charge in [-0.3, -0.25) is 15.0 Å². The highest BCUT2D eigenvalue weighted by molar-refractivity contribution is 5.80. The average molecular weight is 297 g/mol. The molecular weight excluding hydrogens is 279 g/mol. The number of hydrazine groups is 1. The van der Waals surface area contributed by atoms with Gasteiger partial charge in [-0.25, -0.2) is 5.84 Å². The maximum atomic E-state index is 12.2. The normalized spacial score (nSPS) is 18.8. The third-order valence-corrected chi connectivity index (χ3v) is 3.28. The number of likely N-dealkylation sites (tertiary alicyclic amines) is 1. The lowest BCUT2D eigenvalue weighted by molar-refractivity contribution is -0.215. The van der Waals surface area contributed by atoms with Crippen molar-refractivity contribution >= 4 is 11.8 Å². The Bertz CT molecular complexity index is 355. The van der Waals surface area contributed by atoms with Gasteiger partial charge < -0.3 is 9.64 Å². The van der Waals surface area contributed by atoms with Crippen LogP contribution in [0.1, 0.15) is 19.8 Å². The molecule has 0 spiro atoms. The van der Waals surface area contributed by atoms with E-state index in [2.05, 4.69) is 4.74 Å². The van der Waals surface area contributed by atoms with Gasteiger partial charge in [0.2, 0.25) is 11.8 Å². The first-order chi connectivity index (χ1) is 9.25. The van der Waals surface area contributed by atoms with Crippen LogP contribution in [0.4, 0.5) is 13.2 Å². The molecule has 2 amide bonds. The van der Waals surface area contributed by atoms with Crippen molar-refractivity contribution in [1.82, 2.24) is 10.3 Å². The Hall–Kier alpha value is -1.35. The Labute approximate surface area is 114 Å². The van der Waals surface area contributed by atoms with Gasteiger partial charge in [-0.2, -0.15) is 13.2 Å². The number of piperidine rings is 1. The maximum absolute atomic E-state index is 12.2. The highest BCUT2D eigenvalue weighted by Gasteiger charge is 2.37. The fraction of sp³-hybridized carbons (Fsp3) is 0.818. The predicted octanol–water partition coefficient (Wildman–Crippen LogP) is 0.182. The maximum Gasteiger partial charge on any atom is 0.414 e. The minimum atomic E-state index is -4.48. The molecule has 1 atom stereocenters. The van der Waals surface area contributed by atoms with Crippen molar-refractivity contribution in [2.24, 2.45) is 11.8 Å². The lowest BCUT2D eigenvalue weighted by Crippen LogP contribution is -2.46. The molecule has 1 aliphatic heterocycles. The molecule has 0 saturated carbocycles. The summed E-state index contributed by atoms with van der Waals surface area (Å²) in [5.74, 6) is 3.95. The second-order valence-electron chi connectivity index (χ2n) is 4.66. The molecule has 9 heteroatoms. The minimum Gasteiger partial charge on any atom is -0.359 e. The molecule has 0 radical (unpaired) electrons. The first kappa shape index (κ1) is 16.7. The molecule has 116 valence electrons. The molecule has 0 bridgehead atoms. The fourth-order valence-electron chi connectivity index (χ4n) is 1.89. The molecule has 20 heavy (non-hydrogen) atoms. The van der Waals surface area contributed by atoms with E-state index in [9.17, 15) is 22.8 Å². The summed E-state index contributed by atoms with van der Waals surface area (Å²) in [4.78, 5) is 24.4. The summed E-state index contributed by atoms with van der Waals surface area (Å²) < 4.78 is 41.1. The van der Waals surface area contributed by atoms with Crippen LogP contribution in [0, 0.1) is 5.92 Å². The molecule has 1 fully saturated rings. The van der Waals surface area contributed by atoms with Crippen LogP contribution in [-0.4, -0.2) is 48.7 Å². The van der Waals surface area contributed by atoms with Gasteiger partial charge in [0.05, 0.1) is 0 Å². The SMILES string of the molecule is CC(OCC(=O)N1CCC(C(=O)NN)CC1)C(F)(F)F. The van der Waals surface area contributed by atoms with Gasteiger partial charge in [0, 0.05) is 19.0 Å². The van der Waals surface area contributed by atoms with Crippen LogP contribution < -0.4 is 11.3 Å². The van der Waals surface area contributed by atoms with Gasteiger partial charge >= 0.3 is 6.18 Å². The first-order valence-electron chi connectivity index (χ1n) is 6.22. The summed E-state index contributed by atoms with van der Waals surface area (Å²) in [6.07, 6.45) is -5.59. The van der Waals surface area contributed by atoms with E-state index < -0.39 is 24.8 Å². The van der Waals surface area contributed by atoms with E-state index in [1.165, 1.54) is 4.90 Å². The zero-order valence-corrected chi connectivity index (χ0v) is 11.1. The van der Waals surface area contributed by atoms with E-state index in [1.807, 2.05) is 5.43 Å². The van der Waals surface area contributed by atoms with Gasteiger partial charge in [0.25, 0.3) is 0 Å². The number of nitrogens with one attached hydrogen (secondary N) is 1. The molecule has 6 nitrogen and oxygen atoms in total. The van der Waals surface area contributed by atoms with Crippen LogP contribution in [0.3, 0.4) is 0 Å². The lowest BCUT2D eigenvalue weighted by Gasteiger charge is -2.31. The largest absolute Gasteiger partial charge is 0.414 e. The molecule has 0 aromatic rings. The van der Waals surface area contributed by atoms with E-state index in [-0.39, 0.29) is 11.8 Å². The zero-order valence-electron chi connectivity index (χ0n) is 11.1. The van der Waals surface area contributed by atoms with Crippen molar-refractivity contribution in [1.29, 1.82) is 0 Å². The topological polar surface area (TPSA) is 84.7 Å². The molecule has 0 aromatic carbocycles. The van der Waals surface area contributed by atoms with Crippen molar-refractivity contribution in [2.45, 2.75) is 32.0 Å². The number of halogens is 3. The Morgan fingerprint density at radius 3 is 2.40 bits per heavy atom. The van der Waals surface area contributed by atoms with Crippen LogP contribution in [0.25, 0.3) is 0 Å². The van der Waals surface area contributed by atoms with Crippen LogP contribution >= 0.6 is 0 Å². The van der Waals surface area contributed by atoms with E-state index in [1.54, 1.807) is 0 Å². The Morgan fingerprint density at radius 1 is 1.40 bits per heavy atom. The smallest absolute Gasteiger partial charge is 0.359 e. The van der Waals surface area contributed by atoms with E-state index >= 15 is 0 Å². The standard InChI is InChI=1S/C11H18F3N3O3/c1-7(11(12,13)14)20-6-9(18)17-4-2-8(3-5-17)10(19)16-15/h7-8H,2-6,15H2,1H3,(H,16,19). The summed E-state index contributed by atoms with van der Waals surface area (Å²) in [5.41, 5.74) is 2.04. The summed E-state index contributed by atoms with van der Waals surface area (Å²) >= 11 is 0. The molecule has 0 aromatic heterocycles. The second kappa shape index (κ2) is 6.89. The predicted molar refractivity (Wildman–Crippen MR) is 63.1 cm³/mol. The Morgan fingerprint density at radius 2 is 1.95 bits per heavy atom. The number of hydrogen-bond donors (Lipinski definition) is 2. The molecule has 3 N–H and O–H groups in total. The summed E-state index contributed by atoms with van der Waals surface area (Å²) in [6.45, 7) is 0.848. The number of alkyl halides is 3. The van der Waals surface area contributed by atoms with Crippen molar-refractivity contribution in [3.05, 3.63) is 0 Å². The minimum absolute atomic E-state index is 0.265. The molecule has 1 unspecified atom stereocenters.